The molecule has 23 heavy (non-hydrogen) atoms. The third-order valence-electron chi connectivity index (χ3n) is 4.86. The predicted octanol–water partition coefficient (Wildman–Crippen LogP) is 1.69. The van der Waals surface area contributed by atoms with Gasteiger partial charge in [-0.05, 0) is 18.9 Å². The van der Waals surface area contributed by atoms with E-state index in [2.05, 4.69) is 42.2 Å². The van der Waals surface area contributed by atoms with Crippen LogP contribution in [0.4, 0.5) is 4.79 Å². The molecule has 2 amide bonds. The molecule has 0 bridgehead atoms. The van der Waals surface area contributed by atoms with Crippen molar-refractivity contribution >= 4 is 6.03 Å². The highest BCUT2D eigenvalue weighted by molar-refractivity contribution is 5.74. The number of nitrogens with zero attached hydrogens (tertiary/aromatic N) is 3. The van der Waals surface area contributed by atoms with Crippen LogP contribution in [0.3, 0.4) is 0 Å². The van der Waals surface area contributed by atoms with Crippen LogP contribution in [-0.2, 0) is 11.2 Å². The maximum Gasteiger partial charge on any atom is 0.320 e. The van der Waals surface area contributed by atoms with E-state index < -0.39 is 0 Å². The number of urea groups is 1. The van der Waals surface area contributed by atoms with Crippen LogP contribution >= 0.6 is 0 Å². The number of carbonyl (C=O) groups excluding carboxylic acids is 1. The van der Waals surface area contributed by atoms with Gasteiger partial charge in [-0.2, -0.15) is 0 Å². The Bertz CT molecular complexity index is 494. The molecule has 3 rings (SSSR count). The maximum atomic E-state index is 12.5. The second kappa shape index (κ2) is 7.79. The average Bonchev–Trinajstić information content (AvgIpc) is 2.63. The van der Waals surface area contributed by atoms with Crippen molar-refractivity contribution in [1.29, 1.82) is 0 Å². The summed E-state index contributed by atoms with van der Waals surface area (Å²) in [4.78, 5) is 18.9. The Kier molecular flexibility index (Phi) is 5.51. The molecule has 5 nitrogen and oxygen atoms in total. The zero-order valence-corrected chi connectivity index (χ0v) is 14.0. The summed E-state index contributed by atoms with van der Waals surface area (Å²) in [7, 11) is 0. The van der Waals surface area contributed by atoms with E-state index in [0.29, 0.717) is 19.3 Å². The number of morpholine rings is 1. The van der Waals surface area contributed by atoms with Crippen molar-refractivity contribution in [2.45, 2.75) is 19.4 Å². The van der Waals surface area contributed by atoms with E-state index in [1.807, 2.05) is 9.80 Å². The molecule has 1 atom stereocenters. The molecule has 1 aromatic rings. The monoisotopic (exact) mass is 317 g/mol. The van der Waals surface area contributed by atoms with Gasteiger partial charge < -0.3 is 14.5 Å². The standard InChI is InChI=1S/C18H27N3O2/c1-16(15-17-5-3-2-4-6-17)19-7-9-20(10-8-19)18(22)21-11-13-23-14-12-21/h2-6,16H,7-15H2,1H3. The van der Waals surface area contributed by atoms with Gasteiger partial charge in [-0.3, -0.25) is 4.90 Å². The van der Waals surface area contributed by atoms with Crippen LogP contribution in [0.15, 0.2) is 30.3 Å². The molecule has 2 saturated heterocycles. The van der Waals surface area contributed by atoms with Crippen LogP contribution in [0.2, 0.25) is 0 Å². The van der Waals surface area contributed by atoms with Gasteiger partial charge in [0.25, 0.3) is 0 Å². The summed E-state index contributed by atoms with van der Waals surface area (Å²) in [6.45, 7) is 8.65. The van der Waals surface area contributed by atoms with Gasteiger partial charge in [0.05, 0.1) is 13.2 Å². The molecular weight excluding hydrogens is 290 g/mol. The maximum absolute atomic E-state index is 12.5. The van der Waals surface area contributed by atoms with Crippen molar-refractivity contribution in [3.05, 3.63) is 35.9 Å². The number of rotatable bonds is 3. The Balaban J connectivity index is 1.47. The molecule has 1 aromatic carbocycles. The fraction of sp³-hybridized carbons (Fsp3) is 0.611. The van der Waals surface area contributed by atoms with Crippen molar-refractivity contribution in [2.24, 2.45) is 0 Å². The molecule has 2 fully saturated rings. The minimum absolute atomic E-state index is 0.184. The number of hydrogen-bond donors (Lipinski definition) is 0. The van der Waals surface area contributed by atoms with Gasteiger partial charge in [0, 0.05) is 45.3 Å². The normalized spacial score (nSPS) is 21.3. The Labute approximate surface area is 138 Å². The molecule has 1 unspecified atom stereocenters. The molecular formula is C18H27N3O2. The van der Waals surface area contributed by atoms with Crippen molar-refractivity contribution in [3.8, 4) is 0 Å². The third-order valence-corrected chi connectivity index (χ3v) is 4.86. The van der Waals surface area contributed by atoms with E-state index in [1.165, 1.54) is 5.56 Å². The van der Waals surface area contributed by atoms with Gasteiger partial charge in [0.1, 0.15) is 0 Å². The van der Waals surface area contributed by atoms with Gasteiger partial charge in [-0.15, -0.1) is 0 Å². The summed E-state index contributed by atoms with van der Waals surface area (Å²) >= 11 is 0. The highest BCUT2D eigenvalue weighted by Gasteiger charge is 2.27. The number of benzene rings is 1. The Morgan fingerprint density at radius 3 is 2.26 bits per heavy atom. The smallest absolute Gasteiger partial charge is 0.320 e. The highest BCUT2D eigenvalue weighted by Crippen LogP contribution is 2.13. The minimum atomic E-state index is 0.184. The topological polar surface area (TPSA) is 36.0 Å². The van der Waals surface area contributed by atoms with Gasteiger partial charge in [0.15, 0.2) is 0 Å². The van der Waals surface area contributed by atoms with E-state index in [4.69, 9.17) is 4.74 Å². The summed E-state index contributed by atoms with van der Waals surface area (Å²) in [5.74, 6) is 0. The van der Waals surface area contributed by atoms with E-state index in [0.717, 1.165) is 45.7 Å². The van der Waals surface area contributed by atoms with Crippen molar-refractivity contribution < 1.29 is 9.53 Å². The van der Waals surface area contributed by atoms with Crippen molar-refractivity contribution in [1.82, 2.24) is 14.7 Å². The molecule has 0 saturated carbocycles. The second-order valence-electron chi connectivity index (χ2n) is 6.44. The molecule has 5 heteroatoms. The van der Waals surface area contributed by atoms with E-state index in [-0.39, 0.29) is 6.03 Å². The molecule has 2 aliphatic rings. The van der Waals surface area contributed by atoms with E-state index in [9.17, 15) is 4.79 Å². The fourth-order valence-electron chi connectivity index (χ4n) is 3.39. The predicted molar refractivity (Wildman–Crippen MR) is 90.5 cm³/mol. The summed E-state index contributed by atoms with van der Waals surface area (Å²) in [6, 6.07) is 11.3. The van der Waals surface area contributed by atoms with E-state index in [1.54, 1.807) is 0 Å². The van der Waals surface area contributed by atoms with Crippen LogP contribution in [0.1, 0.15) is 12.5 Å². The first-order valence-electron chi connectivity index (χ1n) is 8.63. The molecule has 126 valence electrons. The van der Waals surface area contributed by atoms with Crippen LogP contribution < -0.4 is 0 Å². The molecule has 0 spiro atoms. The first-order valence-corrected chi connectivity index (χ1v) is 8.63. The summed E-state index contributed by atoms with van der Waals surface area (Å²) < 4.78 is 5.32. The van der Waals surface area contributed by atoms with Crippen LogP contribution in [0.5, 0.6) is 0 Å². The SMILES string of the molecule is CC(Cc1ccccc1)N1CCN(C(=O)N2CCOCC2)CC1. The van der Waals surface area contributed by atoms with Gasteiger partial charge in [-0.25, -0.2) is 4.79 Å². The lowest BCUT2D eigenvalue weighted by Crippen LogP contribution is -2.56. The quantitative estimate of drug-likeness (QED) is 0.851. The molecule has 2 aliphatic heterocycles. The fourth-order valence-corrected chi connectivity index (χ4v) is 3.39. The van der Waals surface area contributed by atoms with Gasteiger partial charge >= 0.3 is 6.03 Å². The first kappa shape index (κ1) is 16.3. The van der Waals surface area contributed by atoms with Crippen LogP contribution in [-0.4, -0.2) is 79.3 Å². The number of amides is 2. The molecule has 0 aliphatic carbocycles. The molecule has 0 radical (unpaired) electrons. The lowest BCUT2D eigenvalue weighted by atomic mass is 10.1. The van der Waals surface area contributed by atoms with Crippen molar-refractivity contribution in [2.75, 3.05) is 52.5 Å². The van der Waals surface area contributed by atoms with Crippen LogP contribution in [0, 0.1) is 0 Å². The number of hydrogen-bond acceptors (Lipinski definition) is 3. The summed E-state index contributed by atoms with van der Waals surface area (Å²) in [5.41, 5.74) is 1.38. The van der Waals surface area contributed by atoms with Gasteiger partial charge in [0.2, 0.25) is 0 Å². The Morgan fingerprint density at radius 1 is 1.00 bits per heavy atom. The molecule has 2 heterocycles. The minimum Gasteiger partial charge on any atom is -0.378 e. The molecule has 0 N–H and O–H groups in total. The highest BCUT2D eigenvalue weighted by atomic mass is 16.5. The Hall–Kier alpha value is -1.59. The van der Waals surface area contributed by atoms with Gasteiger partial charge in [-0.1, -0.05) is 30.3 Å². The third kappa shape index (κ3) is 4.24. The van der Waals surface area contributed by atoms with E-state index >= 15 is 0 Å². The lowest BCUT2D eigenvalue weighted by Gasteiger charge is -2.40. The largest absolute Gasteiger partial charge is 0.378 e. The Morgan fingerprint density at radius 2 is 1.61 bits per heavy atom. The zero-order valence-electron chi connectivity index (χ0n) is 14.0. The number of ether oxygens (including phenoxy) is 1. The summed E-state index contributed by atoms with van der Waals surface area (Å²) in [6.07, 6.45) is 1.07. The second-order valence-corrected chi connectivity index (χ2v) is 6.44. The van der Waals surface area contributed by atoms with Crippen molar-refractivity contribution in [3.63, 3.8) is 0 Å². The van der Waals surface area contributed by atoms with Crippen LogP contribution in [0.25, 0.3) is 0 Å². The number of carbonyl (C=O) groups is 1. The number of piperazine rings is 1. The molecule has 0 aromatic heterocycles. The first-order chi connectivity index (χ1) is 11.2. The average molecular weight is 317 g/mol. The summed E-state index contributed by atoms with van der Waals surface area (Å²) in [5, 5.41) is 0. The zero-order chi connectivity index (χ0) is 16.1. The lowest BCUT2D eigenvalue weighted by molar-refractivity contribution is 0.0353.